The van der Waals surface area contributed by atoms with Crippen molar-refractivity contribution in [2.75, 3.05) is 19.8 Å². The smallest absolute Gasteiger partial charge is 0.183 e. The Labute approximate surface area is 144 Å². The van der Waals surface area contributed by atoms with Crippen molar-refractivity contribution in [2.24, 2.45) is 0 Å². The molecule has 0 saturated carbocycles. The predicted octanol–water partition coefficient (Wildman–Crippen LogP) is 4.55. The number of rotatable bonds is 9. The fourth-order valence-corrected chi connectivity index (χ4v) is 2.18. The lowest BCUT2D eigenvalue weighted by Crippen LogP contribution is -2.08. The Morgan fingerprint density at radius 1 is 1.00 bits per heavy atom. The molecule has 0 aliphatic carbocycles. The summed E-state index contributed by atoms with van der Waals surface area (Å²) in [6, 6.07) is 12.0. The van der Waals surface area contributed by atoms with E-state index in [-0.39, 0.29) is 6.29 Å². The molecule has 24 heavy (non-hydrogen) atoms. The van der Waals surface area contributed by atoms with Crippen LogP contribution in [0.4, 0.5) is 0 Å². The van der Waals surface area contributed by atoms with Crippen molar-refractivity contribution in [3.05, 3.63) is 65.5 Å². The van der Waals surface area contributed by atoms with Gasteiger partial charge in [0.2, 0.25) is 0 Å². The molecule has 1 aromatic carbocycles. The maximum atomic E-state index is 5.62. The van der Waals surface area contributed by atoms with E-state index in [9.17, 15) is 0 Å². The minimum absolute atomic E-state index is 0.296. The van der Waals surface area contributed by atoms with E-state index < -0.39 is 0 Å². The Hall–Kier alpha value is -2.17. The van der Waals surface area contributed by atoms with Crippen LogP contribution < -0.4 is 4.74 Å². The van der Waals surface area contributed by atoms with Crippen molar-refractivity contribution in [1.29, 1.82) is 0 Å². The van der Waals surface area contributed by atoms with Crippen molar-refractivity contribution < 1.29 is 14.2 Å². The van der Waals surface area contributed by atoms with Crippen LogP contribution in [0.1, 0.15) is 37.0 Å². The third-order valence-corrected chi connectivity index (χ3v) is 3.39. The van der Waals surface area contributed by atoms with Crippen molar-refractivity contribution in [3.8, 4) is 5.75 Å². The number of aryl methyl sites for hydroxylation is 1. The Bertz CT molecular complexity index is 614. The van der Waals surface area contributed by atoms with Gasteiger partial charge in [0.25, 0.3) is 0 Å². The highest BCUT2D eigenvalue weighted by Gasteiger charge is 2.10. The van der Waals surface area contributed by atoms with E-state index >= 15 is 0 Å². The van der Waals surface area contributed by atoms with Crippen LogP contribution in [0, 0.1) is 6.92 Å². The Morgan fingerprint density at radius 2 is 1.71 bits per heavy atom. The molecule has 0 atom stereocenters. The molecular formula is C20H25NO3. The minimum Gasteiger partial charge on any atom is -0.488 e. The SMILES string of the molecule is CCOC(OCC)c1ccc(C=CCOc2ccc(C)nc2)cc1. The monoisotopic (exact) mass is 327 g/mol. The van der Waals surface area contributed by atoms with E-state index in [1.54, 1.807) is 6.20 Å². The molecule has 4 heteroatoms. The lowest BCUT2D eigenvalue weighted by atomic mass is 10.1. The molecule has 0 amide bonds. The molecular weight excluding hydrogens is 302 g/mol. The van der Waals surface area contributed by atoms with Gasteiger partial charge in [-0.1, -0.05) is 30.3 Å². The first-order chi connectivity index (χ1) is 11.7. The van der Waals surface area contributed by atoms with Crippen LogP contribution in [0.15, 0.2) is 48.7 Å². The third kappa shape index (κ3) is 5.80. The lowest BCUT2D eigenvalue weighted by molar-refractivity contribution is -0.140. The van der Waals surface area contributed by atoms with E-state index in [2.05, 4.69) is 4.98 Å². The molecule has 0 aliphatic rings. The number of benzene rings is 1. The summed E-state index contributed by atoms with van der Waals surface area (Å²) in [5.41, 5.74) is 3.12. The molecule has 0 N–H and O–H groups in total. The van der Waals surface area contributed by atoms with Crippen molar-refractivity contribution in [3.63, 3.8) is 0 Å². The highest BCUT2D eigenvalue weighted by atomic mass is 16.7. The topological polar surface area (TPSA) is 40.6 Å². The van der Waals surface area contributed by atoms with Gasteiger partial charge in [0.15, 0.2) is 6.29 Å². The minimum atomic E-state index is -0.296. The summed E-state index contributed by atoms with van der Waals surface area (Å²) in [4.78, 5) is 4.20. The summed E-state index contributed by atoms with van der Waals surface area (Å²) in [6.07, 6.45) is 5.45. The molecule has 0 unspecified atom stereocenters. The highest BCUT2D eigenvalue weighted by molar-refractivity contribution is 5.49. The first kappa shape index (κ1) is 18.2. The largest absolute Gasteiger partial charge is 0.488 e. The van der Waals surface area contributed by atoms with Gasteiger partial charge >= 0.3 is 0 Å². The van der Waals surface area contributed by atoms with Gasteiger partial charge in [-0.25, -0.2) is 0 Å². The van der Waals surface area contributed by atoms with E-state index in [0.29, 0.717) is 19.8 Å². The van der Waals surface area contributed by atoms with Crippen LogP contribution in [-0.4, -0.2) is 24.8 Å². The molecule has 4 nitrogen and oxygen atoms in total. The summed E-state index contributed by atoms with van der Waals surface area (Å²) in [5.74, 6) is 0.775. The Kier molecular flexibility index (Phi) is 7.46. The van der Waals surface area contributed by atoms with E-state index in [0.717, 1.165) is 22.6 Å². The molecule has 0 radical (unpaired) electrons. The van der Waals surface area contributed by atoms with Crippen LogP contribution in [0.25, 0.3) is 6.08 Å². The molecule has 0 fully saturated rings. The van der Waals surface area contributed by atoms with Crippen molar-refractivity contribution in [2.45, 2.75) is 27.1 Å². The van der Waals surface area contributed by atoms with Gasteiger partial charge < -0.3 is 14.2 Å². The molecule has 0 saturated heterocycles. The summed E-state index contributed by atoms with van der Waals surface area (Å²) in [5, 5.41) is 0. The average Bonchev–Trinajstić information content (AvgIpc) is 2.61. The average molecular weight is 327 g/mol. The van der Waals surface area contributed by atoms with E-state index in [1.165, 1.54) is 0 Å². The summed E-state index contributed by atoms with van der Waals surface area (Å²) in [7, 11) is 0. The zero-order valence-corrected chi connectivity index (χ0v) is 14.6. The molecule has 0 aliphatic heterocycles. The summed E-state index contributed by atoms with van der Waals surface area (Å²) in [6.45, 7) is 7.64. The van der Waals surface area contributed by atoms with Gasteiger partial charge in [-0.2, -0.15) is 0 Å². The maximum absolute atomic E-state index is 5.62. The molecule has 2 rings (SSSR count). The van der Waals surface area contributed by atoms with Crippen LogP contribution in [0.2, 0.25) is 0 Å². The number of pyridine rings is 1. The lowest BCUT2D eigenvalue weighted by Gasteiger charge is -2.17. The van der Waals surface area contributed by atoms with Crippen LogP contribution in [0.5, 0.6) is 5.75 Å². The number of hydrogen-bond donors (Lipinski definition) is 0. The second kappa shape index (κ2) is 9.85. The second-order valence-corrected chi connectivity index (χ2v) is 5.26. The van der Waals surface area contributed by atoms with Crippen molar-refractivity contribution in [1.82, 2.24) is 4.98 Å². The first-order valence-corrected chi connectivity index (χ1v) is 8.28. The molecule has 0 bridgehead atoms. The second-order valence-electron chi connectivity index (χ2n) is 5.26. The van der Waals surface area contributed by atoms with Gasteiger partial charge in [-0.15, -0.1) is 0 Å². The number of hydrogen-bond acceptors (Lipinski definition) is 4. The molecule has 1 aromatic heterocycles. The fraction of sp³-hybridized carbons (Fsp3) is 0.350. The normalized spacial score (nSPS) is 11.3. The predicted molar refractivity (Wildman–Crippen MR) is 95.9 cm³/mol. The van der Waals surface area contributed by atoms with E-state index in [4.69, 9.17) is 14.2 Å². The Morgan fingerprint density at radius 3 is 2.29 bits per heavy atom. The van der Waals surface area contributed by atoms with Crippen LogP contribution >= 0.6 is 0 Å². The standard InChI is InChI=1S/C20H25NO3/c1-4-22-20(23-5-2)18-11-9-17(10-12-18)7-6-14-24-19-13-8-16(3)21-15-19/h6-13,15,20H,4-5,14H2,1-3H3. The van der Waals surface area contributed by atoms with Gasteiger partial charge in [-0.05, 0) is 44.5 Å². The number of aromatic nitrogens is 1. The maximum Gasteiger partial charge on any atom is 0.183 e. The quantitative estimate of drug-likeness (QED) is 0.633. The number of ether oxygens (including phenoxy) is 3. The summed E-state index contributed by atoms with van der Waals surface area (Å²) >= 11 is 0. The zero-order chi connectivity index (χ0) is 17.2. The summed E-state index contributed by atoms with van der Waals surface area (Å²) < 4.78 is 16.8. The van der Waals surface area contributed by atoms with Gasteiger partial charge in [0.1, 0.15) is 12.4 Å². The van der Waals surface area contributed by atoms with Gasteiger partial charge in [-0.3, -0.25) is 4.98 Å². The number of nitrogens with zero attached hydrogens (tertiary/aromatic N) is 1. The van der Waals surface area contributed by atoms with Crippen LogP contribution in [-0.2, 0) is 9.47 Å². The third-order valence-electron chi connectivity index (χ3n) is 3.39. The van der Waals surface area contributed by atoms with Gasteiger partial charge in [0.05, 0.1) is 6.20 Å². The fourth-order valence-electron chi connectivity index (χ4n) is 2.18. The highest BCUT2D eigenvalue weighted by Crippen LogP contribution is 2.20. The first-order valence-electron chi connectivity index (χ1n) is 8.28. The van der Waals surface area contributed by atoms with Gasteiger partial charge in [0, 0.05) is 24.5 Å². The molecule has 0 spiro atoms. The molecule has 2 aromatic rings. The molecule has 1 heterocycles. The van der Waals surface area contributed by atoms with Crippen LogP contribution in [0.3, 0.4) is 0 Å². The molecule has 128 valence electrons. The zero-order valence-electron chi connectivity index (χ0n) is 14.6. The Balaban J connectivity index is 1.87. The van der Waals surface area contributed by atoms with E-state index in [1.807, 2.05) is 69.3 Å². The van der Waals surface area contributed by atoms with Crippen molar-refractivity contribution >= 4 is 6.08 Å².